The van der Waals surface area contributed by atoms with E-state index >= 15 is 0 Å². The molecular weight excluding hydrogens is 268 g/mol. The molecule has 1 atom stereocenters. The average molecular weight is 292 g/mol. The van der Waals surface area contributed by atoms with Gasteiger partial charge in [0.1, 0.15) is 6.04 Å². The summed E-state index contributed by atoms with van der Waals surface area (Å²) < 4.78 is 11.2. The van der Waals surface area contributed by atoms with E-state index in [1.165, 1.54) is 0 Å². The second-order valence-corrected chi connectivity index (χ2v) is 6.32. The summed E-state index contributed by atoms with van der Waals surface area (Å²) in [5.41, 5.74) is 0.605. The first-order valence-corrected chi connectivity index (χ1v) is 7.33. The van der Waals surface area contributed by atoms with E-state index in [0.29, 0.717) is 13.2 Å². The van der Waals surface area contributed by atoms with Gasteiger partial charge in [-0.2, -0.15) is 0 Å². The van der Waals surface area contributed by atoms with Crippen LogP contribution in [0.2, 0.25) is 0 Å². The molecule has 0 radical (unpaired) electrons. The molecule has 0 bridgehead atoms. The molecule has 2 rings (SSSR count). The van der Waals surface area contributed by atoms with Gasteiger partial charge in [0.2, 0.25) is 5.91 Å². The Balaban J connectivity index is 2.02. The normalized spacial score (nSPS) is 15.8. The fourth-order valence-electron chi connectivity index (χ4n) is 2.05. The Morgan fingerprint density at radius 1 is 1.19 bits per heavy atom. The highest BCUT2D eigenvalue weighted by Gasteiger charge is 2.19. The van der Waals surface area contributed by atoms with Gasteiger partial charge >= 0.3 is 0 Å². The van der Waals surface area contributed by atoms with E-state index in [-0.39, 0.29) is 17.5 Å². The molecule has 1 aliphatic heterocycles. The maximum atomic E-state index is 12.1. The van der Waals surface area contributed by atoms with Crippen molar-refractivity contribution in [1.29, 1.82) is 0 Å². The second-order valence-electron chi connectivity index (χ2n) is 6.32. The van der Waals surface area contributed by atoms with E-state index in [0.717, 1.165) is 23.6 Å². The number of carbonyl (C=O) groups excluding carboxylic acids is 1. The van der Waals surface area contributed by atoms with Gasteiger partial charge in [0.15, 0.2) is 11.5 Å². The van der Waals surface area contributed by atoms with Crippen LogP contribution in [0, 0.1) is 0 Å². The average Bonchev–Trinajstić information content (AvgIpc) is 2.61. The molecular formula is C16H24N2O3. The topological polar surface area (TPSA) is 59.6 Å². The molecule has 1 aliphatic rings. The van der Waals surface area contributed by atoms with Gasteiger partial charge in [0, 0.05) is 23.7 Å². The maximum absolute atomic E-state index is 12.1. The molecule has 0 aromatic heterocycles. The van der Waals surface area contributed by atoms with Crippen molar-refractivity contribution in [2.24, 2.45) is 0 Å². The van der Waals surface area contributed by atoms with E-state index in [4.69, 9.17) is 9.47 Å². The van der Waals surface area contributed by atoms with Crippen LogP contribution in [0.1, 0.15) is 34.1 Å². The van der Waals surface area contributed by atoms with Gasteiger partial charge in [-0.1, -0.05) is 0 Å². The van der Waals surface area contributed by atoms with Crippen LogP contribution in [0.15, 0.2) is 18.2 Å². The van der Waals surface area contributed by atoms with Gasteiger partial charge in [-0.05, 0) is 39.8 Å². The SMILES string of the molecule is C[C@H](Nc1ccc2c(c1)OCCCO2)C(=O)NC(C)(C)C. The Kier molecular flexibility index (Phi) is 4.60. The lowest BCUT2D eigenvalue weighted by Crippen LogP contribution is -2.47. The fraction of sp³-hybridized carbons (Fsp3) is 0.562. The van der Waals surface area contributed by atoms with Gasteiger partial charge in [0.05, 0.1) is 13.2 Å². The highest BCUT2D eigenvalue weighted by atomic mass is 16.5. The Labute approximate surface area is 126 Å². The molecule has 0 saturated carbocycles. The third-order valence-corrected chi connectivity index (χ3v) is 3.02. The Bertz CT molecular complexity index is 509. The van der Waals surface area contributed by atoms with Crippen molar-refractivity contribution >= 4 is 11.6 Å². The minimum absolute atomic E-state index is 0.0328. The molecule has 0 saturated heterocycles. The summed E-state index contributed by atoms with van der Waals surface area (Å²) in [6.45, 7) is 9.05. The number of hydrogen-bond donors (Lipinski definition) is 2. The zero-order valence-corrected chi connectivity index (χ0v) is 13.2. The minimum atomic E-state index is -0.325. The minimum Gasteiger partial charge on any atom is -0.490 e. The largest absolute Gasteiger partial charge is 0.490 e. The predicted octanol–water partition coefficient (Wildman–Crippen LogP) is 2.56. The lowest BCUT2D eigenvalue weighted by molar-refractivity contribution is -0.122. The van der Waals surface area contributed by atoms with E-state index in [2.05, 4.69) is 10.6 Å². The van der Waals surface area contributed by atoms with Crippen molar-refractivity contribution < 1.29 is 14.3 Å². The standard InChI is InChI=1S/C16H24N2O3/c1-11(15(19)18-16(2,3)4)17-12-6-7-13-14(10-12)21-9-5-8-20-13/h6-7,10-11,17H,5,8-9H2,1-4H3,(H,18,19)/t11-/m0/s1. The third kappa shape index (κ3) is 4.55. The van der Waals surface area contributed by atoms with E-state index in [1.54, 1.807) is 0 Å². The third-order valence-electron chi connectivity index (χ3n) is 3.02. The molecule has 1 amide bonds. The van der Waals surface area contributed by atoms with Gasteiger partial charge in [-0.15, -0.1) is 0 Å². The van der Waals surface area contributed by atoms with Gasteiger partial charge < -0.3 is 20.1 Å². The number of fused-ring (bicyclic) bond motifs is 1. The Hall–Kier alpha value is -1.91. The zero-order chi connectivity index (χ0) is 15.5. The first kappa shape index (κ1) is 15.5. The fourth-order valence-corrected chi connectivity index (χ4v) is 2.05. The summed E-state index contributed by atoms with van der Waals surface area (Å²) in [5, 5.41) is 6.14. The molecule has 1 aromatic carbocycles. The molecule has 21 heavy (non-hydrogen) atoms. The smallest absolute Gasteiger partial charge is 0.242 e. The van der Waals surface area contributed by atoms with Crippen LogP contribution in [0.25, 0.3) is 0 Å². The van der Waals surface area contributed by atoms with E-state index in [9.17, 15) is 4.79 Å². The summed E-state index contributed by atoms with van der Waals surface area (Å²) in [4.78, 5) is 12.1. The van der Waals surface area contributed by atoms with Crippen LogP contribution in [-0.2, 0) is 4.79 Å². The van der Waals surface area contributed by atoms with E-state index < -0.39 is 0 Å². The summed E-state index contributed by atoms with van der Waals surface area (Å²) >= 11 is 0. The summed E-state index contributed by atoms with van der Waals surface area (Å²) in [6.07, 6.45) is 0.877. The molecule has 0 aliphatic carbocycles. The van der Waals surface area contributed by atoms with Gasteiger partial charge in [-0.3, -0.25) is 4.79 Å². The molecule has 0 fully saturated rings. The number of nitrogens with one attached hydrogen (secondary N) is 2. The van der Waals surface area contributed by atoms with Gasteiger partial charge in [-0.25, -0.2) is 0 Å². The lowest BCUT2D eigenvalue weighted by atomic mass is 10.1. The highest BCUT2D eigenvalue weighted by Crippen LogP contribution is 2.32. The maximum Gasteiger partial charge on any atom is 0.242 e. The summed E-state index contributed by atoms with van der Waals surface area (Å²) in [6, 6.07) is 5.32. The summed E-state index contributed by atoms with van der Waals surface area (Å²) in [5.74, 6) is 1.44. The molecule has 0 spiro atoms. The van der Waals surface area contributed by atoms with E-state index in [1.807, 2.05) is 45.9 Å². The highest BCUT2D eigenvalue weighted by molar-refractivity contribution is 5.84. The van der Waals surface area contributed by atoms with Crippen molar-refractivity contribution in [3.8, 4) is 11.5 Å². The number of rotatable bonds is 3. The predicted molar refractivity (Wildman–Crippen MR) is 83.0 cm³/mol. The lowest BCUT2D eigenvalue weighted by Gasteiger charge is -2.24. The van der Waals surface area contributed by atoms with Crippen LogP contribution in [-0.4, -0.2) is 30.7 Å². The molecule has 5 nitrogen and oxygen atoms in total. The van der Waals surface area contributed by atoms with Crippen molar-refractivity contribution in [2.75, 3.05) is 18.5 Å². The Morgan fingerprint density at radius 2 is 1.86 bits per heavy atom. The molecule has 1 aromatic rings. The molecule has 5 heteroatoms. The quantitative estimate of drug-likeness (QED) is 0.899. The first-order chi connectivity index (χ1) is 9.85. The molecule has 116 valence electrons. The number of carbonyl (C=O) groups is 1. The van der Waals surface area contributed by atoms with Gasteiger partial charge in [0.25, 0.3) is 0 Å². The Morgan fingerprint density at radius 3 is 2.52 bits per heavy atom. The number of amides is 1. The monoisotopic (exact) mass is 292 g/mol. The number of hydrogen-bond acceptors (Lipinski definition) is 4. The number of benzene rings is 1. The van der Waals surface area contributed by atoms with Crippen molar-refractivity contribution in [1.82, 2.24) is 5.32 Å². The molecule has 2 N–H and O–H groups in total. The van der Waals surface area contributed by atoms with Crippen LogP contribution in [0.5, 0.6) is 11.5 Å². The molecule has 1 heterocycles. The van der Waals surface area contributed by atoms with Crippen LogP contribution >= 0.6 is 0 Å². The van der Waals surface area contributed by atoms with Crippen molar-refractivity contribution in [3.63, 3.8) is 0 Å². The number of ether oxygens (including phenoxy) is 2. The summed E-state index contributed by atoms with van der Waals surface area (Å²) in [7, 11) is 0. The van der Waals surface area contributed by atoms with Crippen LogP contribution < -0.4 is 20.1 Å². The number of anilines is 1. The zero-order valence-electron chi connectivity index (χ0n) is 13.2. The van der Waals surface area contributed by atoms with Crippen molar-refractivity contribution in [2.45, 2.75) is 45.7 Å². The molecule has 0 unspecified atom stereocenters. The van der Waals surface area contributed by atoms with Crippen LogP contribution in [0.3, 0.4) is 0 Å². The van der Waals surface area contributed by atoms with Crippen LogP contribution in [0.4, 0.5) is 5.69 Å². The first-order valence-electron chi connectivity index (χ1n) is 7.33. The van der Waals surface area contributed by atoms with Crippen molar-refractivity contribution in [3.05, 3.63) is 18.2 Å². The second kappa shape index (κ2) is 6.24.